The van der Waals surface area contributed by atoms with Gasteiger partial charge in [-0.05, 0) is 17.9 Å². The van der Waals surface area contributed by atoms with Crippen molar-refractivity contribution in [1.82, 2.24) is 5.32 Å². The van der Waals surface area contributed by atoms with E-state index in [-0.39, 0.29) is 12.1 Å². The molecular weight excluding hydrogens is 282 g/mol. The highest BCUT2D eigenvalue weighted by Gasteiger charge is 2.44. The van der Waals surface area contributed by atoms with Gasteiger partial charge < -0.3 is 19.5 Å². The second-order valence-corrected chi connectivity index (χ2v) is 6.14. The molecule has 1 aliphatic heterocycles. The van der Waals surface area contributed by atoms with Gasteiger partial charge in [-0.25, -0.2) is 4.79 Å². The van der Waals surface area contributed by atoms with Gasteiger partial charge in [0, 0.05) is 18.9 Å². The zero-order valence-electron chi connectivity index (χ0n) is 12.9. The van der Waals surface area contributed by atoms with E-state index in [1.54, 1.807) is 0 Å². The van der Waals surface area contributed by atoms with Gasteiger partial charge in [0.15, 0.2) is 5.79 Å². The van der Waals surface area contributed by atoms with Crippen LogP contribution in [-0.4, -0.2) is 31.1 Å². The van der Waals surface area contributed by atoms with Crippen molar-refractivity contribution in [2.75, 3.05) is 13.2 Å². The fraction of sp³-hybridized carbons (Fsp3) is 0.588. The van der Waals surface area contributed by atoms with Gasteiger partial charge in [0.25, 0.3) is 0 Å². The van der Waals surface area contributed by atoms with Crippen LogP contribution in [0.5, 0.6) is 0 Å². The minimum Gasteiger partial charge on any atom is -0.445 e. The predicted molar refractivity (Wildman–Crippen MR) is 81.2 cm³/mol. The Hall–Kier alpha value is -1.59. The maximum atomic E-state index is 11.9. The van der Waals surface area contributed by atoms with Gasteiger partial charge in [-0.15, -0.1) is 0 Å². The highest BCUT2D eigenvalue weighted by atomic mass is 16.7. The van der Waals surface area contributed by atoms with E-state index >= 15 is 0 Å². The van der Waals surface area contributed by atoms with Gasteiger partial charge >= 0.3 is 6.09 Å². The molecule has 1 spiro atoms. The van der Waals surface area contributed by atoms with Crippen LogP contribution in [0.15, 0.2) is 30.3 Å². The van der Waals surface area contributed by atoms with Crippen molar-refractivity contribution in [3.63, 3.8) is 0 Å². The lowest BCUT2D eigenvalue weighted by Crippen LogP contribution is -2.48. The molecule has 0 aromatic heterocycles. The van der Waals surface area contributed by atoms with E-state index in [2.05, 4.69) is 12.2 Å². The molecule has 3 rings (SSSR count). The first-order valence-electron chi connectivity index (χ1n) is 7.92. The van der Waals surface area contributed by atoms with Gasteiger partial charge in [-0.3, -0.25) is 0 Å². The Kier molecular flexibility index (Phi) is 4.64. The average Bonchev–Trinajstić information content (AvgIpc) is 2.97. The highest BCUT2D eigenvalue weighted by Crippen LogP contribution is 2.38. The molecule has 2 fully saturated rings. The lowest BCUT2D eigenvalue weighted by atomic mass is 9.82. The molecule has 120 valence electrons. The van der Waals surface area contributed by atoms with E-state index in [0.29, 0.717) is 25.7 Å². The lowest BCUT2D eigenvalue weighted by molar-refractivity contribution is -0.189. The lowest BCUT2D eigenvalue weighted by Gasteiger charge is -2.39. The Morgan fingerprint density at radius 3 is 2.73 bits per heavy atom. The molecule has 0 bridgehead atoms. The molecule has 2 atom stereocenters. The minimum absolute atomic E-state index is 0.113. The highest BCUT2D eigenvalue weighted by molar-refractivity contribution is 5.67. The molecule has 1 aliphatic carbocycles. The van der Waals surface area contributed by atoms with Crippen LogP contribution < -0.4 is 5.32 Å². The van der Waals surface area contributed by atoms with Gasteiger partial charge in [-0.2, -0.15) is 0 Å². The van der Waals surface area contributed by atoms with Crippen molar-refractivity contribution in [2.45, 2.75) is 44.6 Å². The standard InChI is InChI=1S/C17H23NO4/c1-13-11-17(21-9-10-22-17)8-7-15(13)18-16(19)20-12-14-5-3-2-4-6-14/h2-6,13,15H,7-12H2,1H3,(H,18,19)/t13?,15-/m1/s1. The molecule has 1 saturated carbocycles. The number of carbonyl (C=O) groups excluding carboxylic acids is 1. The number of hydrogen-bond acceptors (Lipinski definition) is 4. The number of rotatable bonds is 3. The maximum Gasteiger partial charge on any atom is 0.407 e. The van der Waals surface area contributed by atoms with Crippen molar-refractivity contribution in [3.8, 4) is 0 Å². The predicted octanol–water partition coefficient (Wildman–Crippen LogP) is 2.84. The molecule has 1 N–H and O–H groups in total. The Labute approximate surface area is 130 Å². The first kappa shape index (κ1) is 15.3. The number of carbonyl (C=O) groups is 1. The quantitative estimate of drug-likeness (QED) is 0.933. The fourth-order valence-electron chi connectivity index (χ4n) is 3.28. The van der Waals surface area contributed by atoms with Gasteiger partial charge in [0.1, 0.15) is 6.61 Å². The average molecular weight is 305 g/mol. The Morgan fingerprint density at radius 1 is 1.32 bits per heavy atom. The fourth-order valence-corrected chi connectivity index (χ4v) is 3.28. The van der Waals surface area contributed by atoms with Crippen LogP contribution in [0.2, 0.25) is 0 Å². The maximum absolute atomic E-state index is 11.9. The SMILES string of the molecule is CC1CC2(CC[C@H]1NC(=O)OCc1ccccc1)OCCO2. The smallest absolute Gasteiger partial charge is 0.407 e. The number of hydrogen-bond donors (Lipinski definition) is 1. The summed E-state index contributed by atoms with van der Waals surface area (Å²) in [4.78, 5) is 11.9. The number of nitrogens with one attached hydrogen (secondary N) is 1. The third kappa shape index (κ3) is 3.59. The summed E-state index contributed by atoms with van der Waals surface area (Å²) in [6, 6.07) is 9.80. The molecule has 0 radical (unpaired) electrons. The molecule has 22 heavy (non-hydrogen) atoms. The molecule has 2 aliphatic rings. The van der Waals surface area contributed by atoms with Crippen molar-refractivity contribution in [3.05, 3.63) is 35.9 Å². The van der Waals surface area contributed by atoms with Gasteiger partial charge in [-0.1, -0.05) is 37.3 Å². The van der Waals surface area contributed by atoms with E-state index < -0.39 is 5.79 Å². The minimum atomic E-state index is -0.411. The summed E-state index contributed by atoms with van der Waals surface area (Å²) in [5, 5.41) is 2.97. The molecule has 1 saturated heterocycles. The molecule has 1 aromatic rings. The summed E-state index contributed by atoms with van der Waals surface area (Å²) in [6.45, 7) is 3.76. The van der Waals surface area contributed by atoms with E-state index in [4.69, 9.17) is 14.2 Å². The number of alkyl carbamates (subject to hydrolysis) is 1. The zero-order valence-corrected chi connectivity index (χ0v) is 12.9. The molecule has 1 unspecified atom stereocenters. The van der Waals surface area contributed by atoms with Crippen LogP contribution in [-0.2, 0) is 20.8 Å². The van der Waals surface area contributed by atoms with Crippen molar-refractivity contribution in [1.29, 1.82) is 0 Å². The Morgan fingerprint density at radius 2 is 2.05 bits per heavy atom. The van der Waals surface area contributed by atoms with Crippen LogP contribution in [0.1, 0.15) is 31.7 Å². The van der Waals surface area contributed by atoms with Crippen molar-refractivity contribution < 1.29 is 19.0 Å². The topological polar surface area (TPSA) is 56.8 Å². The van der Waals surface area contributed by atoms with E-state index in [1.807, 2.05) is 30.3 Å². The summed E-state index contributed by atoms with van der Waals surface area (Å²) in [5.41, 5.74) is 0.987. The van der Waals surface area contributed by atoms with E-state index in [1.165, 1.54) is 0 Å². The van der Waals surface area contributed by atoms with Crippen LogP contribution >= 0.6 is 0 Å². The van der Waals surface area contributed by atoms with Gasteiger partial charge in [0.2, 0.25) is 0 Å². The van der Waals surface area contributed by atoms with Crippen LogP contribution in [0.25, 0.3) is 0 Å². The summed E-state index contributed by atoms with van der Waals surface area (Å²) < 4.78 is 16.8. The largest absolute Gasteiger partial charge is 0.445 e. The summed E-state index contributed by atoms with van der Waals surface area (Å²) >= 11 is 0. The molecule has 5 heteroatoms. The van der Waals surface area contributed by atoms with Crippen molar-refractivity contribution >= 4 is 6.09 Å². The summed E-state index contributed by atoms with van der Waals surface area (Å²) in [5.74, 6) is -0.109. The zero-order chi connectivity index (χ0) is 15.4. The van der Waals surface area contributed by atoms with Crippen molar-refractivity contribution in [2.24, 2.45) is 5.92 Å². The number of benzene rings is 1. The molecule has 1 heterocycles. The molecule has 5 nitrogen and oxygen atoms in total. The van der Waals surface area contributed by atoms with E-state index in [9.17, 15) is 4.79 Å². The second-order valence-electron chi connectivity index (χ2n) is 6.14. The Bertz CT molecular complexity index is 499. The second kappa shape index (κ2) is 6.67. The van der Waals surface area contributed by atoms with E-state index in [0.717, 1.165) is 24.8 Å². The molecule has 1 aromatic carbocycles. The van der Waals surface area contributed by atoms with Crippen LogP contribution in [0.4, 0.5) is 4.79 Å². The Balaban J connectivity index is 1.46. The first-order chi connectivity index (χ1) is 10.7. The number of ether oxygens (including phenoxy) is 3. The van der Waals surface area contributed by atoms with Gasteiger partial charge in [0.05, 0.1) is 13.2 Å². The van der Waals surface area contributed by atoms with Crippen LogP contribution in [0, 0.1) is 5.92 Å². The van der Waals surface area contributed by atoms with Crippen LogP contribution in [0.3, 0.4) is 0 Å². The number of amides is 1. The molecular formula is C17H23NO4. The summed E-state index contributed by atoms with van der Waals surface area (Å²) in [7, 11) is 0. The monoisotopic (exact) mass is 305 g/mol. The third-order valence-electron chi connectivity index (χ3n) is 4.49. The summed E-state index contributed by atoms with van der Waals surface area (Å²) in [6.07, 6.45) is 2.13. The molecule has 1 amide bonds. The normalized spacial score (nSPS) is 26.8. The first-order valence-corrected chi connectivity index (χ1v) is 7.92. The third-order valence-corrected chi connectivity index (χ3v) is 4.49.